The van der Waals surface area contributed by atoms with Gasteiger partial charge in [0.05, 0.1) is 14.2 Å². The first-order valence-corrected chi connectivity index (χ1v) is 5.92. The van der Waals surface area contributed by atoms with Crippen LogP contribution >= 0.6 is 0 Å². The van der Waals surface area contributed by atoms with E-state index in [1.165, 1.54) is 6.42 Å². The van der Waals surface area contributed by atoms with Crippen molar-refractivity contribution in [3.8, 4) is 17.2 Å². The molecule has 0 radical (unpaired) electrons. The monoisotopic (exact) mass is 237 g/mol. The molecule has 0 aromatic heterocycles. The van der Waals surface area contributed by atoms with Crippen LogP contribution in [0.3, 0.4) is 0 Å². The molecule has 4 nitrogen and oxygen atoms in total. The first-order chi connectivity index (χ1) is 8.24. The molecule has 2 rings (SSSR count). The average Bonchev–Trinajstić information content (AvgIpc) is 2.84. The van der Waals surface area contributed by atoms with Crippen molar-refractivity contribution >= 4 is 0 Å². The second-order valence-electron chi connectivity index (χ2n) is 4.33. The highest BCUT2D eigenvalue weighted by Gasteiger charge is 2.18. The van der Waals surface area contributed by atoms with Crippen molar-refractivity contribution in [1.29, 1.82) is 0 Å². The zero-order valence-electron chi connectivity index (χ0n) is 10.3. The molecule has 1 unspecified atom stereocenters. The summed E-state index contributed by atoms with van der Waals surface area (Å²) in [5.41, 5.74) is 0.905. The van der Waals surface area contributed by atoms with Crippen LogP contribution in [-0.2, 0) is 6.42 Å². The average molecular weight is 237 g/mol. The fraction of sp³-hybridized carbons (Fsp3) is 0.538. The maximum atomic E-state index is 9.94. The smallest absolute Gasteiger partial charge is 0.164 e. The Morgan fingerprint density at radius 1 is 1.29 bits per heavy atom. The summed E-state index contributed by atoms with van der Waals surface area (Å²) in [5.74, 6) is 1.50. The number of ether oxygens (including phenoxy) is 2. The summed E-state index contributed by atoms with van der Waals surface area (Å²) >= 11 is 0. The third-order valence-electron chi connectivity index (χ3n) is 3.21. The Morgan fingerprint density at radius 3 is 2.59 bits per heavy atom. The van der Waals surface area contributed by atoms with E-state index < -0.39 is 0 Å². The molecule has 17 heavy (non-hydrogen) atoms. The summed E-state index contributed by atoms with van der Waals surface area (Å²) < 4.78 is 10.4. The number of rotatable bonds is 4. The molecule has 0 amide bonds. The lowest BCUT2D eigenvalue weighted by atomic mass is 10.0. The fourth-order valence-electron chi connectivity index (χ4n) is 2.27. The maximum absolute atomic E-state index is 9.94. The molecule has 4 heteroatoms. The molecule has 1 aliphatic rings. The fourth-order valence-corrected chi connectivity index (χ4v) is 2.27. The summed E-state index contributed by atoms with van der Waals surface area (Å²) in [6, 6.07) is 3.93. The molecule has 0 bridgehead atoms. The van der Waals surface area contributed by atoms with Crippen LogP contribution in [0.4, 0.5) is 0 Å². The molecule has 94 valence electrons. The van der Waals surface area contributed by atoms with E-state index in [1.807, 2.05) is 6.07 Å². The number of hydrogen-bond acceptors (Lipinski definition) is 4. The molecule has 0 spiro atoms. The van der Waals surface area contributed by atoms with Crippen LogP contribution in [0.2, 0.25) is 0 Å². The molecular formula is C13H19NO3. The number of aromatic hydroxyl groups is 1. The van der Waals surface area contributed by atoms with Crippen molar-refractivity contribution in [1.82, 2.24) is 5.32 Å². The van der Waals surface area contributed by atoms with E-state index >= 15 is 0 Å². The zero-order valence-corrected chi connectivity index (χ0v) is 10.3. The lowest BCUT2D eigenvalue weighted by Crippen LogP contribution is -2.23. The molecule has 1 saturated heterocycles. The Hall–Kier alpha value is -1.42. The molecule has 2 N–H and O–H groups in total. The highest BCUT2D eigenvalue weighted by atomic mass is 16.5. The van der Waals surface area contributed by atoms with Gasteiger partial charge in [0.1, 0.15) is 5.75 Å². The quantitative estimate of drug-likeness (QED) is 0.837. The van der Waals surface area contributed by atoms with E-state index in [-0.39, 0.29) is 5.75 Å². The van der Waals surface area contributed by atoms with Gasteiger partial charge in [-0.1, -0.05) is 0 Å². The van der Waals surface area contributed by atoms with Crippen LogP contribution in [0.15, 0.2) is 12.1 Å². The summed E-state index contributed by atoms with van der Waals surface area (Å²) in [6.07, 6.45) is 3.19. The molecule has 1 fully saturated rings. The predicted molar refractivity (Wildman–Crippen MR) is 65.9 cm³/mol. The van der Waals surface area contributed by atoms with Crippen molar-refractivity contribution in [2.45, 2.75) is 25.3 Å². The molecule has 1 aromatic rings. The number of phenolic OH excluding ortho intramolecular Hbond substituents is 1. The lowest BCUT2D eigenvalue weighted by molar-refractivity contribution is 0.350. The Morgan fingerprint density at radius 2 is 2.00 bits per heavy atom. The standard InChI is InChI=1S/C13H19NO3/c1-16-12-7-9(6-10-4-3-5-14-10)11(15)8-13(12)17-2/h7-8,10,14-15H,3-6H2,1-2H3. The molecule has 1 atom stereocenters. The number of nitrogens with one attached hydrogen (secondary N) is 1. The Balaban J connectivity index is 2.20. The minimum Gasteiger partial charge on any atom is -0.508 e. The highest BCUT2D eigenvalue weighted by Crippen LogP contribution is 2.34. The Kier molecular flexibility index (Phi) is 3.74. The van der Waals surface area contributed by atoms with Gasteiger partial charge in [-0.15, -0.1) is 0 Å². The van der Waals surface area contributed by atoms with Crippen molar-refractivity contribution in [2.75, 3.05) is 20.8 Å². The molecule has 0 saturated carbocycles. The Labute approximate surface area is 102 Å². The Bertz CT molecular complexity index is 386. The van der Waals surface area contributed by atoms with E-state index in [2.05, 4.69) is 5.32 Å². The first-order valence-electron chi connectivity index (χ1n) is 5.92. The van der Waals surface area contributed by atoms with E-state index in [9.17, 15) is 5.11 Å². The summed E-state index contributed by atoms with van der Waals surface area (Å²) in [5, 5.41) is 13.4. The van der Waals surface area contributed by atoms with Gasteiger partial charge in [-0.2, -0.15) is 0 Å². The van der Waals surface area contributed by atoms with Crippen molar-refractivity contribution in [3.63, 3.8) is 0 Å². The number of benzene rings is 1. The number of hydrogen-bond donors (Lipinski definition) is 2. The van der Waals surface area contributed by atoms with Crippen LogP contribution in [0.25, 0.3) is 0 Å². The molecule has 1 heterocycles. The van der Waals surface area contributed by atoms with Crippen LogP contribution < -0.4 is 14.8 Å². The van der Waals surface area contributed by atoms with Gasteiger partial charge in [0.15, 0.2) is 11.5 Å². The highest BCUT2D eigenvalue weighted by molar-refractivity contribution is 5.50. The predicted octanol–water partition coefficient (Wildman–Crippen LogP) is 1.70. The molecule has 0 aliphatic carbocycles. The zero-order chi connectivity index (χ0) is 12.3. The van der Waals surface area contributed by atoms with Crippen LogP contribution in [-0.4, -0.2) is 31.9 Å². The minimum atomic E-state index is 0.274. The third kappa shape index (κ3) is 2.64. The summed E-state index contributed by atoms with van der Waals surface area (Å²) in [6.45, 7) is 1.07. The van der Waals surface area contributed by atoms with Gasteiger partial charge in [-0.25, -0.2) is 0 Å². The van der Waals surface area contributed by atoms with Crippen LogP contribution in [0, 0.1) is 0 Å². The van der Waals surface area contributed by atoms with Gasteiger partial charge in [0.25, 0.3) is 0 Å². The van der Waals surface area contributed by atoms with Crippen molar-refractivity contribution in [3.05, 3.63) is 17.7 Å². The molecule has 1 aliphatic heterocycles. The summed E-state index contributed by atoms with van der Waals surface area (Å²) in [4.78, 5) is 0. The van der Waals surface area contributed by atoms with Crippen molar-refractivity contribution < 1.29 is 14.6 Å². The van der Waals surface area contributed by atoms with Gasteiger partial charge in [-0.3, -0.25) is 0 Å². The third-order valence-corrected chi connectivity index (χ3v) is 3.21. The number of phenols is 1. The van der Waals surface area contributed by atoms with Gasteiger partial charge in [-0.05, 0) is 37.4 Å². The maximum Gasteiger partial charge on any atom is 0.164 e. The second kappa shape index (κ2) is 5.27. The van der Waals surface area contributed by atoms with E-state index in [0.29, 0.717) is 17.5 Å². The summed E-state index contributed by atoms with van der Waals surface area (Å²) in [7, 11) is 3.17. The SMILES string of the molecule is COc1cc(O)c(CC2CCCN2)cc1OC. The van der Waals surface area contributed by atoms with Gasteiger partial charge in [0, 0.05) is 12.1 Å². The topological polar surface area (TPSA) is 50.7 Å². The van der Waals surface area contributed by atoms with E-state index in [1.54, 1.807) is 20.3 Å². The molecular weight excluding hydrogens is 218 g/mol. The first kappa shape index (κ1) is 12.0. The van der Waals surface area contributed by atoms with Gasteiger partial charge >= 0.3 is 0 Å². The lowest BCUT2D eigenvalue weighted by Gasteiger charge is -2.14. The van der Waals surface area contributed by atoms with Crippen LogP contribution in [0.5, 0.6) is 17.2 Å². The van der Waals surface area contributed by atoms with Gasteiger partial charge < -0.3 is 19.9 Å². The van der Waals surface area contributed by atoms with E-state index in [0.717, 1.165) is 24.9 Å². The largest absolute Gasteiger partial charge is 0.508 e. The van der Waals surface area contributed by atoms with E-state index in [4.69, 9.17) is 9.47 Å². The van der Waals surface area contributed by atoms with Crippen molar-refractivity contribution in [2.24, 2.45) is 0 Å². The normalized spacial score (nSPS) is 19.3. The van der Waals surface area contributed by atoms with Gasteiger partial charge in [0.2, 0.25) is 0 Å². The number of methoxy groups -OCH3 is 2. The molecule has 1 aromatic carbocycles. The minimum absolute atomic E-state index is 0.274. The van der Waals surface area contributed by atoms with Crippen LogP contribution in [0.1, 0.15) is 18.4 Å². The second-order valence-corrected chi connectivity index (χ2v) is 4.33.